The van der Waals surface area contributed by atoms with Crippen molar-refractivity contribution in [1.29, 1.82) is 5.26 Å². The van der Waals surface area contributed by atoms with Crippen molar-refractivity contribution in [3.8, 4) is 6.07 Å². The van der Waals surface area contributed by atoms with Crippen LogP contribution in [-0.2, 0) is 0 Å². The summed E-state index contributed by atoms with van der Waals surface area (Å²) in [6.45, 7) is 3.47. The summed E-state index contributed by atoms with van der Waals surface area (Å²) in [6.07, 6.45) is 1.26. The van der Waals surface area contributed by atoms with Gasteiger partial charge in [-0.05, 0) is 18.9 Å². The van der Waals surface area contributed by atoms with Crippen LogP contribution in [0.4, 0.5) is 0 Å². The molecule has 3 atom stereocenters. The van der Waals surface area contributed by atoms with Gasteiger partial charge < -0.3 is 4.90 Å². The van der Waals surface area contributed by atoms with Gasteiger partial charge in [0.05, 0.1) is 12.0 Å². The van der Waals surface area contributed by atoms with Gasteiger partial charge in [0, 0.05) is 13.1 Å². The van der Waals surface area contributed by atoms with Crippen LogP contribution in [0.1, 0.15) is 6.42 Å². The van der Waals surface area contributed by atoms with Crippen molar-refractivity contribution in [2.24, 2.45) is 11.8 Å². The largest absolute Gasteiger partial charge is 0.302 e. The van der Waals surface area contributed by atoms with Crippen LogP contribution in [0.25, 0.3) is 0 Å². The van der Waals surface area contributed by atoms with E-state index in [-0.39, 0.29) is 0 Å². The summed E-state index contributed by atoms with van der Waals surface area (Å²) >= 11 is 0. The molecule has 48 valence electrons. The average Bonchev–Trinajstić information content (AvgIpc) is 2.45. The second-order valence-corrected chi connectivity index (χ2v) is 3.04. The number of nitriles is 1. The highest BCUT2D eigenvalue weighted by atomic mass is 15.2. The lowest BCUT2D eigenvalue weighted by Gasteiger charge is -2.14. The van der Waals surface area contributed by atoms with Crippen molar-refractivity contribution in [3.63, 3.8) is 0 Å². The Labute approximate surface area is 55.1 Å². The smallest absolute Gasteiger partial charge is 0.0672 e. The fourth-order valence-electron chi connectivity index (χ4n) is 1.93. The molecule has 0 aromatic heterocycles. The molecule has 0 aromatic rings. The Balaban J connectivity index is 2.12. The Bertz CT molecular complexity index is 159. The number of hydrogen-bond donors (Lipinski definition) is 0. The molecule has 2 saturated heterocycles. The van der Waals surface area contributed by atoms with Crippen LogP contribution >= 0.6 is 0 Å². The molecule has 0 N–H and O–H groups in total. The van der Waals surface area contributed by atoms with E-state index in [1.54, 1.807) is 0 Å². The molecule has 0 amide bonds. The molecule has 2 fully saturated rings. The predicted molar refractivity (Wildman–Crippen MR) is 33.6 cm³/mol. The van der Waals surface area contributed by atoms with E-state index in [1.165, 1.54) is 19.5 Å². The zero-order chi connectivity index (χ0) is 6.27. The molecule has 0 radical (unpaired) electrons. The summed E-state index contributed by atoms with van der Waals surface area (Å²) < 4.78 is 0. The highest BCUT2D eigenvalue weighted by Gasteiger charge is 2.37. The predicted octanol–water partition coefficient (Wildman–Crippen LogP) is 0.462. The third-order valence-electron chi connectivity index (χ3n) is 2.50. The molecular formula is C7H10N2. The van der Waals surface area contributed by atoms with Crippen LogP contribution in [0, 0.1) is 23.2 Å². The topological polar surface area (TPSA) is 27.0 Å². The third kappa shape index (κ3) is 0.650. The summed E-state index contributed by atoms with van der Waals surface area (Å²) in [5, 5.41) is 8.61. The van der Waals surface area contributed by atoms with Crippen molar-refractivity contribution < 1.29 is 0 Å². The standard InChI is InChI=1S/C7H10N2/c8-3-7-5-9-2-1-6(7)4-9/h6-7H,1-2,4-5H2/t6-,7+/m1/s1. The fourth-order valence-corrected chi connectivity index (χ4v) is 1.93. The monoisotopic (exact) mass is 122 g/mol. The van der Waals surface area contributed by atoms with E-state index in [0.29, 0.717) is 5.92 Å². The molecule has 2 bridgehead atoms. The van der Waals surface area contributed by atoms with Crippen molar-refractivity contribution in [3.05, 3.63) is 0 Å². The van der Waals surface area contributed by atoms with Gasteiger partial charge in [-0.15, -0.1) is 0 Å². The van der Waals surface area contributed by atoms with Crippen LogP contribution in [0.2, 0.25) is 0 Å². The number of nitrogens with zero attached hydrogens (tertiary/aromatic N) is 2. The lowest BCUT2D eigenvalue weighted by molar-refractivity contribution is 0.338. The van der Waals surface area contributed by atoms with Crippen molar-refractivity contribution in [1.82, 2.24) is 4.90 Å². The molecule has 2 heteroatoms. The van der Waals surface area contributed by atoms with Crippen LogP contribution in [0.5, 0.6) is 0 Å². The maximum absolute atomic E-state index is 8.61. The summed E-state index contributed by atoms with van der Waals surface area (Å²) in [4.78, 5) is 2.39. The van der Waals surface area contributed by atoms with Crippen LogP contribution in [0.3, 0.4) is 0 Å². The number of rotatable bonds is 0. The summed E-state index contributed by atoms with van der Waals surface area (Å²) in [7, 11) is 0. The minimum atomic E-state index is 0.360. The second kappa shape index (κ2) is 1.71. The zero-order valence-corrected chi connectivity index (χ0v) is 5.38. The van der Waals surface area contributed by atoms with Crippen molar-refractivity contribution >= 4 is 0 Å². The summed E-state index contributed by atoms with van der Waals surface area (Å²) in [6, 6.07) is 2.35. The van der Waals surface area contributed by atoms with Gasteiger partial charge in [-0.1, -0.05) is 0 Å². The molecule has 9 heavy (non-hydrogen) atoms. The highest BCUT2D eigenvalue weighted by Crippen LogP contribution is 2.31. The van der Waals surface area contributed by atoms with E-state index in [1.807, 2.05) is 0 Å². The summed E-state index contributed by atoms with van der Waals surface area (Å²) in [5.41, 5.74) is 0. The first-order valence-electron chi connectivity index (χ1n) is 3.52. The quantitative estimate of drug-likeness (QED) is 0.466. The first-order valence-corrected chi connectivity index (χ1v) is 3.52. The lowest BCUT2D eigenvalue weighted by Crippen LogP contribution is -2.22. The molecule has 0 spiro atoms. The zero-order valence-electron chi connectivity index (χ0n) is 5.38. The molecule has 2 aliphatic heterocycles. The normalized spacial score (nSPS) is 47.2. The van der Waals surface area contributed by atoms with Gasteiger partial charge in [0.2, 0.25) is 0 Å². The minimum Gasteiger partial charge on any atom is -0.302 e. The second-order valence-electron chi connectivity index (χ2n) is 3.04. The number of hydrogen-bond acceptors (Lipinski definition) is 2. The number of piperidine rings is 1. The van der Waals surface area contributed by atoms with Crippen LogP contribution < -0.4 is 0 Å². The van der Waals surface area contributed by atoms with Gasteiger partial charge in [-0.2, -0.15) is 5.26 Å². The maximum atomic E-state index is 8.61. The van der Waals surface area contributed by atoms with Crippen LogP contribution in [-0.4, -0.2) is 24.5 Å². The van der Waals surface area contributed by atoms with E-state index >= 15 is 0 Å². The van der Waals surface area contributed by atoms with Crippen molar-refractivity contribution in [2.45, 2.75) is 6.42 Å². The van der Waals surface area contributed by atoms with E-state index in [9.17, 15) is 0 Å². The SMILES string of the molecule is N#C[C@H]1CN2CC[C@@H]1C2. The summed E-state index contributed by atoms with van der Waals surface area (Å²) in [5.74, 6) is 1.08. The molecule has 0 aromatic carbocycles. The first kappa shape index (κ1) is 5.25. The Morgan fingerprint density at radius 2 is 2.33 bits per heavy atom. The Morgan fingerprint density at radius 3 is 2.67 bits per heavy atom. The highest BCUT2D eigenvalue weighted by molar-refractivity contribution is 5.00. The first-order chi connectivity index (χ1) is 4.40. The molecule has 1 unspecified atom stereocenters. The van der Waals surface area contributed by atoms with Gasteiger partial charge in [-0.3, -0.25) is 0 Å². The molecule has 0 aliphatic carbocycles. The fraction of sp³-hybridized carbons (Fsp3) is 0.857. The molecule has 2 heterocycles. The van der Waals surface area contributed by atoms with Gasteiger partial charge in [-0.25, -0.2) is 0 Å². The van der Waals surface area contributed by atoms with Gasteiger partial charge in [0.25, 0.3) is 0 Å². The lowest BCUT2D eigenvalue weighted by atomic mass is 9.94. The van der Waals surface area contributed by atoms with Gasteiger partial charge in [0.15, 0.2) is 0 Å². The molecular weight excluding hydrogens is 112 g/mol. The average molecular weight is 122 g/mol. The third-order valence-corrected chi connectivity index (χ3v) is 2.50. The van der Waals surface area contributed by atoms with Gasteiger partial charge >= 0.3 is 0 Å². The van der Waals surface area contributed by atoms with E-state index in [0.717, 1.165) is 12.5 Å². The minimum absolute atomic E-state index is 0.360. The molecule has 0 saturated carbocycles. The van der Waals surface area contributed by atoms with Crippen molar-refractivity contribution in [2.75, 3.05) is 19.6 Å². The van der Waals surface area contributed by atoms with E-state index in [2.05, 4.69) is 11.0 Å². The molecule has 2 aliphatic rings. The van der Waals surface area contributed by atoms with E-state index < -0.39 is 0 Å². The Kier molecular flexibility index (Phi) is 1.000. The molecule has 2 rings (SSSR count). The number of fused-ring (bicyclic) bond motifs is 2. The van der Waals surface area contributed by atoms with E-state index in [4.69, 9.17) is 5.26 Å². The van der Waals surface area contributed by atoms with Gasteiger partial charge in [0.1, 0.15) is 0 Å². The maximum Gasteiger partial charge on any atom is 0.0672 e. The molecule has 2 nitrogen and oxygen atoms in total. The van der Waals surface area contributed by atoms with Crippen LogP contribution in [0.15, 0.2) is 0 Å². The Morgan fingerprint density at radius 1 is 1.44 bits per heavy atom. The Hall–Kier alpha value is -0.550.